The van der Waals surface area contributed by atoms with E-state index >= 15 is 0 Å². The van der Waals surface area contributed by atoms with E-state index in [1.54, 1.807) is 13.2 Å². The smallest absolute Gasteiger partial charge is 0.338 e. The zero-order valence-electron chi connectivity index (χ0n) is 8.82. The number of hydrogen-bond acceptors (Lipinski definition) is 4. The second-order valence-corrected chi connectivity index (χ2v) is 3.64. The van der Waals surface area contributed by atoms with Gasteiger partial charge in [0.15, 0.2) is 0 Å². The van der Waals surface area contributed by atoms with Gasteiger partial charge in [-0.1, -0.05) is 6.07 Å². The Bertz CT molecular complexity index is 350. The highest BCUT2D eigenvalue weighted by molar-refractivity contribution is 7.80. The quantitative estimate of drug-likeness (QED) is 0.485. The van der Waals surface area contributed by atoms with Crippen LogP contribution in [0.5, 0.6) is 0 Å². The largest absolute Gasteiger partial charge is 0.460 e. The Kier molecular flexibility index (Phi) is 4.65. The number of esters is 1. The number of ether oxygens (including phenoxy) is 2. The highest BCUT2D eigenvalue weighted by Gasteiger charge is 2.10. The van der Waals surface area contributed by atoms with Gasteiger partial charge in [-0.05, 0) is 24.6 Å². The van der Waals surface area contributed by atoms with Gasteiger partial charge in [-0.2, -0.15) is 0 Å². The number of thiol groups is 1. The minimum atomic E-state index is -0.333. The van der Waals surface area contributed by atoms with Gasteiger partial charge in [-0.3, -0.25) is 0 Å². The summed E-state index contributed by atoms with van der Waals surface area (Å²) >= 11 is 4.17. The fraction of sp³-hybridized carbons (Fsp3) is 0.364. The summed E-state index contributed by atoms with van der Waals surface area (Å²) in [5.41, 5.74) is 1.44. The maximum absolute atomic E-state index is 11.6. The monoisotopic (exact) mass is 226 g/mol. The van der Waals surface area contributed by atoms with Crippen LogP contribution in [0.25, 0.3) is 0 Å². The molecular formula is C11H14O3S. The molecule has 0 heterocycles. The topological polar surface area (TPSA) is 35.5 Å². The van der Waals surface area contributed by atoms with Crippen LogP contribution in [0.3, 0.4) is 0 Å². The maximum Gasteiger partial charge on any atom is 0.338 e. The van der Waals surface area contributed by atoms with Crippen LogP contribution < -0.4 is 0 Å². The number of benzene rings is 1. The van der Waals surface area contributed by atoms with E-state index in [0.717, 1.165) is 10.5 Å². The second-order valence-electron chi connectivity index (χ2n) is 3.13. The van der Waals surface area contributed by atoms with Crippen LogP contribution in [0.15, 0.2) is 23.1 Å². The summed E-state index contributed by atoms with van der Waals surface area (Å²) in [5.74, 6) is -0.333. The van der Waals surface area contributed by atoms with E-state index in [-0.39, 0.29) is 12.6 Å². The Morgan fingerprint density at radius 1 is 1.40 bits per heavy atom. The lowest BCUT2D eigenvalue weighted by Crippen LogP contribution is -2.11. The molecule has 15 heavy (non-hydrogen) atoms. The van der Waals surface area contributed by atoms with Gasteiger partial charge in [0.25, 0.3) is 0 Å². The van der Waals surface area contributed by atoms with E-state index in [2.05, 4.69) is 12.6 Å². The molecule has 0 bridgehead atoms. The minimum Gasteiger partial charge on any atom is -0.460 e. The Hall–Kier alpha value is -1.00. The molecule has 0 N–H and O–H groups in total. The maximum atomic E-state index is 11.6. The van der Waals surface area contributed by atoms with Gasteiger partial charge >= 0.3 is 5.97 Å². The van der Waals surface area contributed by atoms with E-state index in [0.29, 0.717) is 12.2 Å². The summed E-state index contributed by atoms with van der Waals surface area (Å²) in [6, 6.07) is 5.38. The van der Waals surface area contributed by atoms with Crippen LogP contribution in [0.2, 0.25) is 0 Å². The molecule has 82 valence electrons. The molecule has 0 aliphatic heterocycles. The van der Waals surface area contributed by atoms with Gasteiger partial charge in [0.1, 0.15) is 6.61 Å². The molecule has 0 aliphatic rings. The molecule has 0 amide bonds. The molecule has 4 heteroatoms. The average molecular weight is 226 g/mol. The number of methoxy groups -OCH3 is 1. The SMILES string of the molecule is COCCOC(=O)c1cc(S)ccc1C. The Balaban J connectivity index is 2.68. The minimum absolute atomic E-state index is 0.269. The lowest BCUT2D eigenvalue weighted by molar-refractivity contribution is 0.0387. The first-order valence-electron chi connectivity index (χ1n) is 4.61. The predicted molar refractivity (Wildman–Crippen MR) is 60.6 cm³/mol. The van der Waals surface area contributed by atoms with Crippen molar-refractivity contribution in [1.82, 2.24) is 0 Å². The van der Waals surface area contributed by atoms with Crippen molar-refractivity contribution in [2.24, 2.45) is 0 Å². The molecule has 0 unspecified atom stereocenters. The van der Waals surface area contributed by atoms with Crippen molar-refractivity contribution in [3.63, 3.8) is 0 Å². The van der Waals surface area contributed by atoms with Crippen molar-refractivity contribution in [3.8, 4) is 0 Å². The molecule has 0 fully saturated rings. The zero-order chi connectivity index (χ0) is 11.3. The number of rotatable bonds is 4. The highest BCUT2D eigenvalue weighted by Crippen LogP contribution is 2.14. The summed E-state index contributed by atoms with van der Waals surface area (Å²) in [7, 11) is 1.56. The molecule has 3 nitrogen and oxygen atoms in total. The Morgan fingerprint density at radius 3 is 2.80 bits per heavy atom. The zero-order valence-corrected chi connectivity index (χ0v) is 9.71. The van der Waals surface area contributed by atoms with Crippen molar-refractivity contribution >= 4 is 18.6 Å². The summed E-state index contributed by atoms with van der Waals surface area (Å²) in [6.45, 7) is 2.54. The third kappa shape index (κ3) is 3.57. The molecule has 0 saturated heterocycles. The van der Waals surface area contributed by atoms with Crippen molar-refractivity contribution in [1.29, 1.82) is 0 Å². The van der Waals surface area contributed by atoms with Crippen molar-refractivity contribution < 1.29 is 14.3 Å². The summed E-state index contributed by atoms with van der Waals surface area (Å²) in [4.78, 5) is 12.3. The second kappa shape index (κ2) is 5.78. The normalized spacial score (nSPS) is 10.1. The summed E-state index contributed by atoms with van der Waals surface area (Å²) < 4.78 is 9.80. The van der Waals surface area contributed by atoms with E-state index in [1.807, 2.05) is 19.1 Å². The number of aryl methyl sites for hydroxylation is 1. The van der Waals surface area contributed by atoms with Gasteiger partial charge < -0.3 is 9.47 Å². The molecule has 1 aromatic carbocycles. The fourth-order valence-corrected chi connectivity index (χ4v) is 1.33. The van der Waals surface area contributed by atoms with Crippen LogP contribution in [-0.4, -0.2) is 26.3 Å². The van der Waals surface area contributed by atoms with Crippen molar-refractivity contribution in [2.75, 3.05) is 20.3 Å². The van der Waals surface area contributed by atoms with Gasteiger partial charge in [0.05, 0.1) is 12.2 Å². The first kappa shape index (κ1) is 12.1. The van der Waals surface area contributed by atoms with E-state index in [9.17, 15) is 4.79 Å². The lowest BCUT2D eigenvalue weighted by atomic mass is 10.1. The van der Waals surface area contributed by atoms with Crippen molar-refractivity contribution in [2.45, 2.75) is 11.8 Å². The molecule has 0 aliphatic carbocycles. The number of carbonyl (C=O) groups is 1. The first-order valence-corrected chi connectivity index (χ1v) is 5.05. The molecule has 1 aromatic rings. The van der Waals surface area contributed by atoms with Crippen LogP contribution in [0.1, 0.15) is 15.9 Å². The van der Waals surface area contributed by atoms with Gasteiger partial charge in [0.2, 0.25) is 0 Å². The molecule has 0 saturated carbocycles. The summed E-state index contributed by atoms with van der Waals surface area (Å²) in [6.07, 6.45) is 0. The fourth-order valence-electron chi connectivity index (χ4n) is 1.13. The van der Waals surface area contributed by atoms with Crippen LogP contribution in [0, 0.1) is 6.92 Å². The summed E-state index contributed by atoms with van der Waals surface area (Å²) in [5, 5.41) is 0. The predicted octanol–water partition coefficient (Wildman–Crippen LogP) is 2.09. The van der Waals surface area contributed by atoms with E-state index in [4.69, 9.17) is 9.47 Å². The van der Waals surface area contributed by atoms with Crippen LogP contribution in [-0.2, 0) is 9.47 Å². The lowest BCUT2D eigenvalue weighted by Gasteiger charge is -2.07. The average Bonchev–Trinajstić information content (AvgIpc) is 2.22. The van der Waals surface area contributed by atoms with Gasteiger partial charge in [-0.15, -0.1) is 12.6 Å². The van der Waals surface area contributed by atoms with Crippen molar-refractivity contribution in [3.05, 3.63) is 29.3 Å². The molecule has 0 aromatic heterocycles. The van der Waals surface area contributed by atoms with Crippen LogP contribution >= 0.6 is 12.6 Å². The molecular weight excluding hydrogens is 212 g/mol. The van der Waals surface area contributed by atoms with E-state index < -0.39 is 0 Å². The highest BCUT2D eigenvalue weighted by atomic mass is 32.1. The van der Waals surface area contributed by atoms with Crippen LogP contribution in [0.4, 0.5) is 0 Å². The molecule has 0 spiro atoms. The third-order valence-electron chi connectivity index (χ3n) is 1.96. The third-order valence-corrected chi connectivity index (χ3v) is 2.24. The van der Waals surface area contributed by atoms with Gasteiger partial charge in [0, 0.05) is 12.0 Å². The molecule has 0 radical (unpaired) electrons. The number of hydrogen-bond donors (Lipinski definition) is 1. The standard InChI is InChI=1S/C11H14O3S/c1-8-3-4-9(15)7-10(8)11(12)14-6-5-13-2/h3-4,7,15H,5-6H2,1-2H3. The first-order chi connectivity index (χ1) is 7.15. The van der Waals surface area contributed by atoms with Gasteiger partial charge in [-0.25, -0.2) is 4.79 Å². The molecule has 0 atom stereocenters. The number of carbonyl (C=O) groups excluding carboxylic acids is 1. The Labute approximate surface area is 94.8 Å². The Morgan fingerprint density at radius 2 is 2.13 bits per heavy atom. The molecule has 1 rings (SSSR count). The van der Waals surface area contributed by atoms with E-state index in [1.165, 1.54) is 0 Å².